The molecule has 0 spiro atoms. The molecule has 1 saturated heterocycles. The summed E-state index contributed by atoms with van der Waals surface area (Å²) in [4.78, 5) is 13.0. The fraction of sp³-hybridized carbons (Fsp3) is 0.875. The van der Waals surface area contributed by atoms with E-state index in [4.69, 9.17) is 5.73 Å². The summed E-state index contributed by atoms with van der Waals surface area (Å²) in [6.07, 6.45) is 3.89. The molecule has 1 heterocycles. The van der Waals surface area contributed by atoms with Crippen LogP contribution in [0.4, 0.5) is 0 Å². The molecule has 0 radical (unpaired) electrons. The lowest BCUT2D eigenvalue weighted by Crippen LogP contribution is -2.25. The molecule has 3 nitrogen and oxygen atoms in total. The third-order valence-corrected chi connectivity index (χ3v) is 2.05. The zero-order chi connectivity index (χ0) is 8.10. The molecular formula is C8H17ClN2O. The Balaban J connectivity index is 0.00000121. The van der Waals surface area contributed by atoms with Gasteiger partial charge in [0.05, 0.1) is 0 Å². The number of halogens is 1. The third kappa shape index (κ3) is 3.41. The lowest BCUT2D eigenvalue weighted by Gasteiger charge is -2.14. The molecule has 4 heteroatoms. The van der Waals surface area contributed by atoms with Crippen LogP contribution >= 0.6 is 12.4 Å². The topological polar surface area (TPSA) is 46.3 Å². The highest BCUT2D eigenvalue weighted by atomic mass is 35.5. The Bertz CT molecular complexity index is 141. The Morgan fingerprint density at radius 1 is 1.42 bits per heavy atom. The molecule has 1 fully saturated rings. The summed E-state index contributed by atoms with van der Waals surface area (Å²) in [5.74, 6) is 0.321. The Labute approximate surface area is 79.7 Å². The highest BCUT2D eigenvalue weighted by molar-refractivity contribution is 5.85. The normalized spacial score (nSPS) is 16.4. The number of carbonyl (C=O) groups excluding carboxylic acids is 1. The van der Waals surface area contributed by atoms with Gasteiger partial charge in [0, 0.05) is 19.5 Å². The Hall–Kier alpha value is -0.280. The van der Waals surface area contributed by atoms with E-state index >= 15 is 0 Å². The van der Waals surface area contributed by atoms with Crippen molar-refractivity contribution in [3.63, 3.8) is 0 Å². The van der Waals surface area contributed by atoms with Crippen molar-refractivity contribution in [2.45, 2.75) is 25.7 Å². The van der Waals surface area contributed by atoms with Gasteiger partial charge < -0.3 is 10.6 Å². The number of nitrogens with zero attached hydrogens (tertiary/aromatic N) is 1. The molecule has 1 amide bonds. The summed E-state index contributed by atoms with van der Waals surface area (Å²) in [5, 5.41) is 0. The zero-order valence-corrected chi connectivity index (χ0v) is 8.11. The van der Waals surface area contributed by atoms with Crippen molar-refractivity contribution in [3.8, 4) is 0 Å². The van der Waals surface area contributed by atoms with E-state index in [0.717, 1.165) is 45.3 Å². The summed E-state index contributed by atoms with van der Waals surface area (Å²) in [5.41, 5.74) is 5.34. The third-order valence-electron chi connectivity index (χ3n) is 2.05. The highest BCUT2D eigenvalue weighted by Crippen LogP contribution is 2.09. The van der Waals surface area contributed by atoms with Crippen molar-refractivity contribution in [2.24, 2.45) is 5.73 Å². The average Bonchev–Trinajstić information content (AvgIpc) is 2.37. The molecule has 1 rings (SSSR count). The van der Waals surface area contributed by atoms with E-state index in [1.165, 1.54) is 0 Å². The molecule has 0 aliphatic carbocycles. The first-order chi connectivity index (χ1) is 5.34. The molecule has 0 atom stereocenters. The van der Waals surface area contributed by atoms with Gasteiger partial charge in [0.15, 0.2) is 0 Å². The predicted octanol–water partition coefficient (Wildman–Crippen LogP) is 0.769. The number of nitrogens with two attached hydrogens (primary N) is 1. The van der Waals surface area contributed by atoms with Crippen LogP contribution in [0.15, 0.2) is 0 Å². The standard InChI is InChI=1S/C8H16N2O.ClH/c9-5-1-2-6-10-7-3-4-8(10)11;/h1-7,9H2;1H. The van der Waals surface area contributed by atoms with E-state index in [9.17, 15) is 4.79 Å². The minimum atomic E-state index is 0. The fourth-order valence-electron chi connectivity index (χ4n) is 1.39. The Kier molecular flexibility index (Phi) is 6.11. The van der Waals surface area contributed by atoms with Crippen LogP contribution in [0.25, 0.3) is 0 Å². The molecule has 0 aromatic heterocycles. The molecule has 72 valence electrons. The van der Waals surface area contributed by atoms with E-state index < -0.39 is 0 Å². The second kappa shape index (κ2) is 6.26. The van der Waals surface area contributed by atoms with E-state index in [2.05, 4.69) is 0 Å². The molecule has 12 heavy (non-hydrogen) atoms. The fourth-order valence-corrected chi connectivity index (χ4v) is 1.39. The van der Waals surface area contributed by atoms with Gasteiger partial charge in [0.1, 0.15) is 0 Å². The number of carbonyl (C=O) groups is 1. The molecular weight excluding hydrogens is 176 g/mol. The summed E-state index contributed by atoms with van der Waals surface area (Å²) in [7, 11) is 0. The average molecular weight is 193 g/mol. The van der Waals surface area contributed by atoms with Gasteiger partial charge in [0.25, 0.3) is 0 Å². The Morgan fingerprint density at radius 3 is 2.67 bits per heavy atom. The summed E-state index contributed by atoms with van der Waals surface area (Å²) < 4.78 is 0. The van der Waals surface area contributed by atoms with Crippen molar-refractivity contribution in [2.75, 3.05) is 19.6 Å². The number of hydrogen-bond acceptors (Lipinski definition) is 2. The minimum absolute atomic E-state index is 0. The molecule has 0 bridgehead atoms. The van der Waals surface area contributed by atoms with E-state index in [1.807, 2.05) is 4.90 Å². The maximum Gasteiger partial charge on any atom is 0.222 e. The smallest absolute Gasteiger partial charge is 0.222 e. The molecule has 0 aromatic rings. The van der Waals surface area contributed by atoms with Gasteiger partial charge in [-0.3, -0.25) is 4.79 Å². The van der Waals surface area contributed by atoms with Crippen LogP contribution in [0, 0.1) is 0 Å². The quantitative estimate of drug-likeness (QED) is 0.669. The second-order valence-electron chi connectivity index (χ2n) is 2.98. The lowest BCUT2D eigenvalue weighted by molar-refractivity contribution is -0.127. The van der Waals surface area contributed by atoms with Gasteiger partial charge in [0.2, 0.25) is 5.91 Å². The zero-order valence-electron chi connectivity index (χ0n) is 7.29. The molecule has 2 N–H and O–H groups in total. The molecule has 0 unspecified atom stereocenters. The largest absolute Gasteiger partial charge is 0.343 e. The molecule has 1 aliphatic rings. The summed E-state index contributed by atoms with van der Waals surface area (Å²) in [6.45, 7) is 2.61. The first-order valence-corrected chi connectivity index (χ1v) is 4.32. The first kappa shape index (κ1) is 11.7. The van der Waals surface area contributed by atoms with Crippen LogP contribution < -0.4 is 5.73 Å². The van der Waals surface area contributed by atoms with Gasteiger partial charge in [-0.15, -0.1) is 12.4 Å². The van der Waals surface area contributed by atoms with E-state index in [-0.39, 0.29) is 12.4 Å². The van der Waals surface area contributed by atoms with Crippen molar-refractivity contribution in [1.29, 1.82) is 0 Å². The Morgan fingerprint density at radius 2 is 2.17 bits per heavy atom. The maximum absolute atomic E-state index is 11.1. The second-order valence-corrected chi connectivity index (χ2v) is 2.98. The molecule has 0 aromatic carbocycles. The van der Waals surface area contributed by atoms with Gasteiger partial charge in [-0.05, 0) is 25.8 Å². The van der Waals surface area contributed by atoms with Crippen LogP contribution in [-0.4, -0.2) is 30.4 Å². The highest BCUT2D eigenvalue weighted by Gasteiger charge is 2.18. The number of likely N-dealkylation sites (tertiary alicyclic amines) is 1. The van der Waals surface area contributed by atoms with Gasteiger partial charge >= 0.3 is 0 Å². The van der Waals surface area contributed by atoms with Crippen LogP contribution in [-0.2, 0) is 4.79 Å². The van der Waals surface area contributed by atoms with Gasteiger partial charge in [-0.1, -0.05) is 0 Å². The first-order valence-electron chi connectivity index (χ1n) is 4.32. The lowest BCUT2D eigenvalue weighted by atomic mass is 10.3. The van der Waals surface area contributed by atoms with E-state index in [1.54, 1.807) is 0 Å². The summed E-state index contributed by atoms with van der Waals surface area (Å²) in [6, 6.07) is 0. The van der Waals surface area contributed by atoms with Crippen molar-refractivity contribution in [3.05, 3.63) is 0 Å². The molecule has 1 aliphatic heterocycles. The van der Waals surface area contributed by atoms with Crippen molar-refractivity contribution in [1.82, 2.24) is 4.90 Å². The summed E-state index contributed by atoms with van der Waals surface area (Å²) >= 11 is 0. The SMILES string of the molecule is Cl.NCCCCN1CCCC1=O. The number of amides is 1. The van der Waals surface area contributed by atoms with Crippen molar-refractivity contribution >= 4 is 18.3 Å². The van der Waals surface area contributed by atoms with Gasteiger partial charge in [-0.25, -0.2) is 0 Å². The van der Waals surface area contributed by atoms with Crippen molar-refractivity contribution < 1.29 is 4.79 Å². The number of hydrogen-bond donors (Lipinski definition) is 1. The monoisotopic (exact) mass is 192 g/mol. The molecule has 0 saturated carbocycles. The van der Waals surface area contributed by atoms with Crippen LogP contribution in [0.3, 0.4) is 0 Å². The van der Waals surface area contributed by atoms with Crippen LogP contribution in [0.1, 0.15) is 25.7 Å². The minimum Gasteiger partial charge on any atom is -0.343 e. The van der Waals surface area contributed by atoms with Gasteiger partial charge in [-0.2, -0.15) is 0 Å². The van der Waals surface area contributed by atoms with Crippen LogP contribution in [0.5, 0.6) is 0 Å². The number of unbranched alkanes of at least 4 members (excludes halogenated alkanes) is 1. The predicted molar refractivity (Wildman–Crippen MR) is 51.4 cm³/mol. The number of rotatable bonds is 4. The van der Waals surface area contributed by atoms with Crippen LogP contribution in [0.2, 0.25) is 0 Å². The van der Waals surface area contributed by atoms with E-state index in [0.29, 0.717) is 5.91 Å². The maximum atomic E-state index is 11.1.